The molecule has 8 nitrogen and oxygen atoms in total. The molecule has 0 radical (unpaired) electrons. The van der Waals surface area contributed by atoms with Crippen LogP contribution in [0.4, 0.5) is 18.0 Å². The molecule has 2 aromatic rings. The number of fused-ring (bicyclic) bond motifs is 1. The van der Waals surface area contributed by atoms with Crippen LogP contribution in [0.15, 0.2) is 42.5 Å². The predicted molar refractivity (Wildman–Crippen MR) is 109 cm³/mol. The zero-order valence-corrected chi connectivity index (χ0v) is 17.5. The molecule has 0 aliphatic carbocycles. The number of nitrogens with one attached hydrogen (secondary N) is 1. The van der Waals surface area contributed by atoms with Gasteiger partial charge in [-0.2, -0.15) is 13.2 Å². The zero-order valence-electron chi connectivity index (χ0n) is 17.5. The number of amides is 3. The zero-order chi connectivity index (χ0) is 23.6. The molecule has 2 heterocycles. The molecule has 33 heavy (non-hydrogen) atoms. The van der Waals surface area contributed by atoms with Crippen LogP contribution in [-0.2, 0) is 17.5 Å². The van der Waals surface area contributed by atoms with Gasteiger partial charge in [0.05, 0.1) is 31.4 Å². The fraction of sp³-hybridized carbons (Fsp3) is 0.364. The Morgan fingerprint density at radius 2 is 1.82 bits per heavy atom. The number of hydrogen-bond donors (Lipinski definition) is 2. The van der Waals surface area contributed by atoms with Gasteiger partial charge in [0.25, 0.3) is 5.91 Å². The van der Waals surface area contributed by atoms with Crippen LogP contribution in [0.3, 0.4) is 0 Å². The van der Waals surface area contributed by atoms with Gasteiger partial charge >= 0.3 is 12.2 Å². The summed E-state index contributed by atoms with van der Waals surface area (Å²) in [6, 6.07) is 8.04. The summed E-state index contributed by atoms with van der Waals surface area (Å²) in [6.07, 6.45) is -4.62. The number of carbonyl (C=O) groups excluding carboxylic acids is 2. The van der Waals surface area contributed by atoms with Gasteiger partial charge in [-0.05, 0) is 23.8 Å². The van der Waals surface area contributed by atoms with Crippen molar-refractivity contribution in [2.45, 2.75) is 18.8 Å². The van der Waals surface area contributed by atoms with E-state index in [9.17, 15) is 22.8 Å². The third kappa shape index (κ3) is 4.74. The molecule has 176 valence electrons. The summed E-state index contributed by atoms with van der Waals surface area (Å²) in [5, 5.41) is 8.89. The topological polar surface area (TPSA) is 91.3 Å². The number of benzene rings is 2. The fourth-order valence-corrected chi connectivity index (χ4v) is 4.02. The van der Waals surface area contributed by atoms with Crippen LogP contribution in [0.5, 0.6) is 5.75 Å². The van der Waals surface area contributed by atoms with Gasteiger partial charge in [0.15, 0.2) is 0 Å². The molecule has 11 heteroatoms. The first-order chi connectivity index (χ1) is 15.8. The van der Waals surface area contributed by atoms with Gasteiger partial charge in [-0.15, -0.1) is 0 Å². The van der Waals surface area contributed by atoms with Crippen LogP contribution >= 0.6 is 0 Å². The molecule has 0 bridgehead atoms. The lowest BCUT2D eigenvalue weighted by Crippen LogP contribution is -2.49. The Bertz CT molecular complexity index is 1040. The maximum absolute atomic E-state index is 13.8. The molecule has 2 aromatic carbocycles. The Labute approximate surface area is 187 Å². The van der Waals surface area contributed by atoms with Crippen molar-refractivity contribution in [2.75, 3.05) is 32.9 Å². The molecule has 0 spiro atoms. The molecule has 0 aromatic heterocycles. The van der Waals surface area contributed by atoms with E-state index < -0.39 is 29.7 Å². The highest BCUT2D eigenvalue weighted by molar-refractivity contribution is 5.93. The normalized spacial score (nSPS) is 18.7. The second kappa shape index (κ2) is 9.28. The summed E-state index contributed by atoms with van der Waals surface area (Å²) in [7, 11) is 0. The Morgan fingerprint density at radius 1 is 1.09 bits per heavy atom. The number of hydrogen-bond acceptors (Lipinski definition) is 5. The molecule has 4 rings (SSSR count). The van der Waals surface area contributed by atoms with Crippen molar-refractivity contribution in [1.82, 2.24) is 15.3 Å². The summed E-state index contributed by atoms with van der Waals surface area (Å²) >= 11 is 0. The van der Waals surface area contributed by atoms with E-state index in [2.05, 4.69) is 0 Å². The maximum Gasteiger partial charge on any atom is 0.416 e. The van der Waals surface area contributed by atoms with Crippen LogP contribution in [0.2, 0.25) is 0 Å². The van der Waals surface area contributed by atoms with E-state index in [1.807, 2.05) is 0 Å². The number of halogens is 3. The van der Waals surface area contributed by atoms with Crippen LogP contribution in [0, 0.1) is 0 Å². The molecular formula is C22H22F3N3O5. The van der Waals surface area contributed by atoms with Crippen LogP contribution < -0.4 is 10.2 Å². The van der Waals surface area contributed by atoms with Gasteiger partial charge in [0, 0.05) is 24.2 Å². The first kappa shape index (κ1) is 22.9. The van der Waals surface area contributed by atoms with Gasteiger partial charge in [-0.3, -0.25) is 10.0 Å². The Morgan fingerprint density at radius 3 is 2.52 bits per heavy atom. The van der Waals surface area contributed by atoms with Crippen molar-refractivity contribution in [3.05, 3.63) is 64.7 Å². The number of nitrogens with zero attached hydrogens (tertiary/aromatic N) is 2. The number of carbonyl (C=O) groups is 2. The second-order valence-corrected chi connectivity index (χ2v) is 7.69. The number of hydroxylamine groups is 1. The lowest BCUT2D eigenvalue weighted by molar-refractivity contribution is -0.138. The molecule has 2 N–H and O–H groups in total. The van der Waals surface area contributed by atoms with Crippen molar-refractivity contribution in [1.29, 1.82) is 0 Å². The van der Waals surface area contributed by atoms with Crippen molar-refractivity contribution in [2.24, 2.45) is 0 Å². The summed E-state index contributed by atoms with van der Waals surface area (Å²) < 4.78 is 52.5. The minimum Gasteiger partial charge on any atom is -0.491 e. The molecule has 3 amide bonds. The number of urea groups is 1. The summed E-state index contributed by atoms with van der Waals surface area (Å²) in [5.74, 6) is -0.506. The second-order valence-electron chi connectivity index (χ2n) is 7.69. The van der Waals surface area contributed by atoms with Crippen LogP contribution in [-0.4, -0.2) is 59.9 Å². The largest absolute Gasteiger partial charge is 0.491 e. The maximum atomic E-state index is 13.8. The van der Waals surface area contributed by atoms with E-state index in [0.717, 1.165) is 6.07 Å². The Kier molecular flexibility index (Phi) is 6.43. The smallest absolute Gasteiger partial charge is 0.416 e. The van der Waals surface area contributed by atoms with Crippen molar-refractivity contribution in [3.63, 3.8) is 0 Å². The Balaban J connectivity index is 1.76. The summed E-state index contributed by atoms with van der Waals surface area (Å²) in [6.45, 7) is 1.06. The SMILES string of the molecule is O=C(NO)c1ccc2c(c1)OCC(c1ccccc1C(F)(F)F)N(C(=O)N1CCOCC1)C2. The quantitative estimate of drug-likeness (QED) is 0.525. The minimum atomic E-state index is -4.62. The van der Waals surface area contributed by atoms with Gasteiger partial charge in [-0.25, -0.2) is 10.3 Å². The molecule has 1 fully saturated rings. The van der Waals surface area contributed by atoms with E-state index >= 15 is 0 Å². The van der Waals surface area contributed by atoms with E-state index in [0.29, 0.717) is 31.9 Å². The molecule has 2 aliphatic heterocycles. The van der Waals surface area contributed by atoms with Crippen molar-refractivity contribution in [3.8, 4) is 5.75 Å². The lowest BCUT2D eigenvalue weighted by atomic mass is 9.98. The Hall–Kier alpha value is -3.31. The third-order valence-electron chi connectivity index (χ3n) is 5.70. The average molecular weight is 465 g/mol. The number of alkyl halides is 3. The van der Waals surface area contributed by atoms with Crippen LogP contribution in [0.25, 0.3) is 0 Å². The molecule has 1 saturated heterocycles. The predicted octanol–water partition coefficient (Wildman–Crippen LogP) is 3.21. The van der Waals surface area contributed by atoms with E-state index in [-0.39, 0.29) is 30.0 Å². The van der Waals surface area contributed by atoms with E-state index in [1.54, 1.807) is 11.0 Å². The first-order valence-corrected chi connectivity index (χ1v) is 10.3. The molecule has 1 unspecified atom stereocenters. The highest BCUT2D eigenvalue weighted by atomic mass is 19.4. The molecular weight excluding hydrogens is 443 g/mol. The van der Waals surface area contributed by atoms with E-state index in [4.69, 9.17) is 14.7 Å². The van der Waals surface area contributed by atoms with Crippen LogP contribution in [0.1, 0.15) is 33.1 Å². The number of ether oxygens (including phenoxy) is 2. The first-order valence-electron chi connectivity index (χ1n) is 10.3. The standard InChI is InChI=1S/C22H22F3N3O5/c23-22(24,25)17-4-2-1-3-16(17)18-13-33-19-11-14(20(29)26-31)5-6-15(19)12-28(18)21(30)27-7-9-32-10-8-27/h1-6,11,18,31H,7-10,12-13H2,(H,26,29). The van der Waals surface area contributed by atoms with Gasteiger partial charge < -0.3 is 19.3 Å². The number of rotatable bonds is 2. The summed E-state index contributed by atoms with van der Waals surface area (Å²) in [5.41, 5.74) is 1.24. The van der Waals surface area contributed by atoms with Gasteiger partial charge in [0.2, 0.25) is 0 Å². The van der Waals surface area contributed by atoms with Crippen molar-refractivity contribution < 1.29 is 37.4 Å². The molecule has 1 atom stereocenters. The average Bonchev–Trinajstić information content (AvgIpc) is 3.02. The van der Waals surface area contributed by atoms with E-state index in [1.165, 1.54) is 40.7 Å². The monoisotopic (exact) mass is 465 g/mol. The highest BCUT2D eigenvalue weighted by Gasteiger charge is 2.40. The lowest BCUT2D eigenvalue weighted by Gasteiger charge is -2.37. The van der Waals surface area contributed by atoms with Gasteiger partial charge in [0.1, 0.15) is 12.4 Å². The minimum absolute atomic E-state index is 0.0244. The molecule has 0 saturated carbocycles. The summed E-state index contributed by atoms with van der Waals surface area (Å²) in [4.78, 5) is 28.1. The third-order valence-corrected chi connectivity index (χ3v) is 5.70. The van der Waals surface area contributed by atoms with Gasteiger partial charge in [-0.1, -0.05) is 24.3 Å². The number of morpholine rings is 1. The van der Waals surface area contributed by atoms with Crippen molar-refractivity contribution >= 4 is 11.9 Å². The highest BCUT2D eigenvalue weighted by Crippen LogP contribution is 2.39. The molecule has 2 aliphatic rings. The fourth-order valence-electron chi connectivity index (χ4n) is 4.02.